The highest BCUT2D eigenvalue weighted by Gasteiger charge is 2.00. The fourth-order valence-corrected chi connectivity index (χ4v) is 2.11. The molecule has 0 bridgehead atoms. The molecular formula is C18H25N3. The second-order valence-corrected chi connectivity index (χ2v) is 5.61. The summed E-state index contributed by atoms with van der Waals surface area (Å²) in [6.45, 7) is 8.36. The van der Waals surface area contributed by atoms with Crippen LogP contribution in [0.2, 0.25) is 0 Å². The van der Waals surface area contributed by atoms with Gasteiger partial charge in [-0.25, -0.2) is 4.98 Å². The number of rotatable bonds is 7. The van der Waals surface area contributed by atoms with Crippen molar-refractivity contribution < 1.29 is 0 Å². The van der Waals surface area contributed by atoms with E-state index in [0.29, 0.717) is 5.92 Å². The first-order valence-electron chi connectivity index (χ1n) is 7.71. The molecule has 0 aliphatic carbocycles. The summed E-state index contributed by atoms with van der Waals surface area (Å²) in [7, 11) is 0. The van der Waals surface area contributed by atoms with Crippen LogP contribution in [0.3, 0.4) is 0 Å². The highest BCUT2D eigenvalue weighted by Crippen LogP contribution is 2.16. The third-order valence-electron chi connectivity index (χ3n) is 3.46. The van der Waals surface area contributed by atoms with Crippen molar-refractivity contribution in [3.05, 3.63) is 53.7 Å². The molecule has 3 nitrogen and oxygen atoms in total. The number of pyridine rings is 1. The molecule has 0 fully saturated rings. The van der Waals surface area contributed by atoms with Crippen LogP contribution in [-0.4, -0.2) is 11.5 Å². The quantitative estimate of drug-likeness (QED) is 0.777. The molecule has 0 radical (unpaired) electrons. The average Bonchev–Trinajstić information content (AvgIpc) is 2.52. The predicted molar refractivity (Wildman–Crippen MR) is 90.9 cm³/mol. The molecule has 21 heavy (non-hydrogen) atoms. The lowest BCUT2D eigenvalue weighted by atomic mass is 10.0. The maximum atomic E-state index is 4.31. The number of anilines is 2. The van der Waals surface area contributed by atoms with Gasteiger partial charge in [0.05, 0.1) is 0 Å². The van der Waals surface area contributed by atoms with Gasteiger partial charge in [-0.1, -0.05) is 45.0 Å². The largest absolute Gasteiger partial charge is 0.381 e. The van der Waals surface area contributed by atoms with E-state index in [-0.39, 0.29) is 0 Å². The minimum Gasteiger partial charge on any atom is -0.381 e. The minimum absolute atomic E-state index is 0.583. The summed E-state index contributed by atoms with van der Waals surface area (Å²) < 4.78 is 0. The van der Waals surface area contributed by atoms with Crippen LogP contribution in [0.1, 0.15) is 44.2 Å². The van der Waals surface area contributed by atoms with Crippen molar-refractivity contribution in [2.45, 2.75) is 39.7 Å². The number of benzene rings is 1. The standard InChI is InChI=1S/C18H25N3/c1-4-10-19-18-12-17(9-11-20-18)21-13-15-5-7-16(8-6-15)14(2)3/h5-9,11-12,14H,4,10,13H2,1-3H3,(H2,19,20,21). The lowest BCUT2D eigenvalue weighted by Gasteiger charge is -2.10. The summed E-state index contributed by atoms with van der Waals surface area (Å²) in [5.74, 6) is 1.51. The van der Waals surface area contributed by atoms with E-state index in [4.69, 9.17) is 0 Å². The van der Waals surface area contributed by atoms with Crippen molar-refractivity contribution in [1.29, 1.82) is 0 Å². The topological polar surface area (TPSA) is 37.0 Å². The Kier molecular flexibility index (Phi) is 5.61. The highest BCUT2D eigenvalue weighted by molar-refractivity contribution is 5.52. The van der Waals surface area contributed by atoms with Crippen molar-refractivity contribution in [1.82, 2.24) is 4.98 Å². The first-order valence-corrected chi connectivity index (χ1v) is 7.71. The van der Waals surface area contributed by atoms with Gasteiger partial charge in [-0.2, -0.15) is 0 Å². The van der Waals surface area contributed by atoms with Gasteiger partial charge in [0, 0.05) is 31.0 Å². The van der Waals surface area contributed by atoms with Gasteiger partial charge in [-0.05, 0) is 29.5 Å². The molecule has 112 valence electrons. The molecule has 0 unspecified atom stereocenters. The molecule has 2 rings (SSSR count). The van der Waals surface area contributed by atoms with Crippen molar-refractivity contribution >= 4 is 11.5 Å². The second-order valence-electron chi connectivity index (χ2n) is 5.61. The summed E-state index contributed by atoms with van der Waals surface area (Å²) in [6, 6.07) is 12.9. The smallest absolute Gasteiger partial charge is 0.127 e. The Balaban J connectivity index is 1.93. The van der Waals surface area contributed by atoms with Crippen molar-refractivity contribution in [2.75, 3.05) is 17.2 Å². The molecule has 0 amide bonds. The van der Waals surface area contributed by atoms with E-state index in [9.17, 15) is 0 Å². The molecule has 1 heterocycles. The van der Waals surface area contributed by atoms with Crippen LogP contribution in [0, 0.1) is 0 Å². The number of hydrogen-bond donors (Lipinski definition) is 2. The molecule has 2 aromatic rings. The van der Waals surface area contributed by atoms with Gasteiger partial charge < -0.3 is 10.6 Å². The SMILES string of the molecule is CCCNc1cc(NCc2ccc(C(C)C)cc2)ccn1. The van der Waals surface area contributed by atoms with Crippen LogP contribution in [0.15, 0.2) is 42.6 Å². The maximum absolute atomic E-state index is 4.31. The Morgan fingerprint density at radius 1 is 1.05 bits per heavy atom. The Hall–Kier alpha value is -2.03. The molecule has 3 heteroatoms. The second kappa shape index (κ2) is 7.67. The molecule has 0 saturated carbocycles. The normalized spacial score (nSPS) is 10.7. The van der Waals surface area contributed by atoms with Crippen LogP contribution in [0.5, 0.6) is 0 Å². The van der Waals surface area contributed by atoms with Crippen LogP contribution in [0.25, 0.3) is 0 Å². The number of nitrogens with zero attached hydrogens (tertiary/aromatic N) is 1. The highest BCUT2D eigenvalue weighted by atomic mass is 15.0. The summed E-state index contributed by atoms with van der Waals surface area (Å²) in [4.78, 5) is 4.31. The zero-order valence-corrected chi connectivity index (χ0v) is 13.2. The Bertz CT molecular complexity index is 547. The Morgan fingerprint density at radius 2 is 1.81 bits per heavy atom. The van der Waals surface area contributed by atoms with Gasteiger partial charge in [0.2, 0.25) is 0 Å². The van der Waals surface area contributed by atoms with Crippen molar-refractivity contribution in [2.24, 2.45) is 0 Å². The van der Waals surface area contributed by atoms with E-state index in [0.717, 1.165) is 31.0 Å². The van der Waals surface area contributed by atoms with Gasteiger partial charge in [0.1, 0.15) is 5.82 Å². The molecule has 0 atom stereocenters. The van der Waals surface area contributed by atoms with E-state index in [1.807, 2.05) is 12.3 Å². The first-order chi connectivity index (χ1) is 10.2. The lowest BCUT2D eigenvalue weighted by Crippen LogP contribution is -2.04. The lowest BCUT2D eigenvalue weighted by molar-refractivity contribution is 0.865. The van der Waals surface area contributed by atoms with E-state index >= 15 is 0 Å². The van der Waals surface area contributed by atoms with E-state index in [1.165, 1.54) is 11.1 Å². The monoisotopic (exact) mass is 283 g/mol. The third kappa shape index (κ3) is 4.78. The number of nitrogens with one attached hydrogen (secondary N) is 2. The number of aromatic nitrogens is 1. The molecule has 2 N–H and O–H groups in total. The van der Waals surface area contributed by atoms with Gasteiger partial charge >= 0.3 is 0 Å². The molecule has 0 aliphatic rings. The van der Waals surface area contributed by atoms with Crippen LogP contribution in [0.4, 0.5) is 11.5 Å². The number of hydrogen-bond acceptors (Lipinski definition) is 3. The average molecular weight is 283 g/mol. The van der Waals surface area contributed by atoms with Crippen LogP contribution < -0.4 is 10.6 Å². The molecule has 0 spiro atoms. The van der Waals surface area contributed by atoms with E-state index in [2.05, 4.69) is 66.7 Å². The van der Waals surface area contributed by atoms with Crippen molar-refractivity contribution in [3.8, 4) is 0 Å². The Morgan fingerprint density at radius 3 is 2.48 bits per heavy atom. The predicted octanol–water partition coefficient (Wildman–Crippen LogP) is 4.64. The summed E-state index contributed by atoms with van der Waals surface area (Å²) in [5, 5.41) is 6.75. The summed E-state index contributed by atoms with van der Waals surface area (Å²) >= 11 is 0. The molecule has 0 aliphatic heterocycles. The molecular weight excluding hydrogens is 258 g/mol. The van der Waals surface area contributed by atoms with Crippen molar-refractivity contribution in [3.63, 3.8) is 0 Å². The first kappa shape index (κ1) is 15.4. The van der Waals surface area contributed by atoms with E-state index < -0.39 is 0 Å². The zero-order valence-electron chi connectivity index (χ0n) is 13.2. The van der Waals surface area contributed by atoms with Gasteiger partial charge in [-0.15, -0.1) is 0 Å². The fourth-order valence-electron chi connectivity index (χ4n) is 2.11. The molecule has 1 aromatic heterocycles. The minimum atomic E-state index is 0.583. The zero-order chi connectivity index (χ0) is 15.1. The fraction of sp³-hybridized carbons (Fsp3) is 0.389. The van der Waals surface area contributed by atoms with Crippen LogP contribution in [-0.2, 0) is 6.54 Å². The van der Waals surface area contributed by atoms with Gasteiger partial charge in [-0.3, -0.25) is 0 Å². The van der Waals surface area contributed by atoms with Gasteiger partial charge in [0.25, 0.3) is 0 Å². The summed E-state index contributed by atoms with van der Waals surface area (Å²) in [6.07, 6.45) is 2.93. The van der Waals surface area contributed by atoms with E-state index in [1.54, 1.807) is 0 Å². The maximum Gasteiger partial charge on any atom is 0.127 e. The Labute approximate surface area is 127 Å². The van der Waals surface area contributed by atoms with Crippen LogP contribution >= 0.6 is 0 Å². The molecule has 1 aromatic carbocycles. The summed E-state index contributed by atoms with van der Waals surface area (Å²) in [5.41, 5.74) is 3.77. The third-order valence-corrected chi connectivity index (χ3v) is 3.46. The molecule has 0 saturated heterocycles. The van der Waals surface area contributed by atoms with Gasteiger partial charge in [0.15, 0.2) is 0 Å².